The molecule has 3 nitrogen and oxygen atoms in total. The molecule has 2 N–H and O–H groups in total. The van der Waals surface area contributed by atoms with Crippen molar-refractivity contribution in [3.8, 4) is 5.75 Å². The summed E-state index contributed by atoms with van der Waals surface area (Å²) in [5, 5.41) is 0. The Bertz CT molecular complexity index is 465. The van der Waals surface area contributed by atoms with Crippen LogP contribution in [-0.4, -0.2) is 19.7 Å². The molecule has 1 aromatic rings. The van der Waals surface area contributed by atoms with Crippen molar-refractivity contribution in [1.82, 2.24) is 0 Å². The zero-order valence-electron chi connectivity index (χ0n) is 14.0. The minimum atomic E-state index is 0.410. The van der Waals surface area contributed by atoms with Crippen molar-refractivity contribution in [2.45, 2.75) is 47.0 Å². The van der Waals surface area contributed by atoms with Crippen LogP contribution < -0.4 is 15.4 Å². The predicted molar refractivity (Wildman–Crippen MR) is 91.0 cm³/mol. The van der Waals surface area contributed by atoms with E-state index >= 15 is 0 Å². The SMILES string of the molecule is CCOc1cc(N2CCCC(C(C)(C)C)CC2)ccc1N. The first-order chi connectivity index (χ1) is 9.91. The second kappa shape index (κ2) is 6.59. The van der Waals surface area contributed by atoms with Crippen LogP contribution in [0.15, 0.2) is 18.2 Å². The van der Waals surface area contributed by atoms with Crippen LogP contribution in [0.1, 0.15) is 47.0 Å². The summed E-state index contributed by atoms with van der Waals surface area (Å²) in [6, 6.07) is 6.18. The van der Waals surface area contributed by atoms with Crippen molar-refractivity contribution in [1.29, 1.82) is 0 Å². The first-order valence-electron chi connectivity index (χ1n) is 8.19. The van der Waals surface area contributed by atoms with Crippen LogP contribution in [0.25, 0.3) is 0 Å². The second-order valence-electron chi connectivity index (χ2n) is 7.14. The molecule has 1 saturated heterocycles. The topological polar surface area (TPSA) is 38.5 Å². The number of benzene rings is 1. The summed E-state index contributed by atoms with van der Waals surface area (Å²) in [5.41, 5.74) is 8.35. The number of anilines is 2. The van der Waals surface area contributed by atoms with E-state index in [4.69, 9.17) is 10.5 Å². The highest BCUT2D eigenvalue weighted by atomic mass is 16.5. The van der Waals surface area contributed by atoms with Crippen molar-refractivity contribution in [2.24, 2.45) is 11.3 Å². The Labute approximate surface area is 129 Å². The lowest BCUT2D eigenvalue weighted by Gasteiger charge is -2.30. The molecule has 3 heteroatoms. The fraction of sp³-hybridized carbons (Fsp3) is 0.667. The normalized spacial score (nSPS) is 20.2. The predicted octanol–water partition coefficient (Wildman–Crippen LogP) is 4.32. The Hall–Kier alpha value is -1.38. The van der Waals surface area contributed by atoms with E-state index in [0.29, 0.717) is 12.0 Å². The summed E-state index contributed by atoms with van der Waals surface area (Å²) >= 11 is 0. The van der Waals surface area contributed by atoms with Gasteiger partial charge in [0, 0.05) is 24.8 Å². The standard InChI is InChI=1S/C18H30N2O/c1-5-21-17-13-15(8-9-16(17)19)20-11-6-7-14(10-12-20)18(2,3)4/h8-9,13-14H,5-7,10-12,19H2,1-4H3. The highest BCUT2D eigenvalue weighted by Gasteiger charge is 2.27. The quantitative estimate of drug-likeness (QED) is 0.843. The number of ether oxygens (including phenoxy) is 1. The summed E-state index contributed by atoms with van der Waals surface area (Å²) in [5.74, 6) is 1.62. The Morgan fingerprint density at radius 1 is 1.24 bits per heavy atom. The van der Waals surface area contributed by atoms with Gasteiger partial charge in [-0.15, -0.1) is 0 Å². The molecule has 2 rings (SSSR count). The van der Waals surface area contributed by atoms with Gasteiger partial charge >= 0.3 is 0 Å². The van der Waals surface area contributed by atoms with Crippen molar-refractivity contribution >= 4 is 11.4 Å². The third kappa shape index (κ3) is 4.05. The third-order valence-electron chi connectivity index (χ3n) is 4.61. The van der Waals surface area contributed by atoms with Gasteiger partial charge in [-0.1, -0.05) is 20.8 Å². The van der Waals surface area contributed by atoms with E-state index in [-0.39, 0.29) is 0 Å². The van der Waals surface area contributed by atoms with Gasteiger partial charge in [0.15, 0.2) is 0 Å². The molecule has 1 unspecified atom stereocenters. The van der Waals surface area contributed by atoms with Crippen LogP contribution in [0, 0.1) is 11.3 Å². The minimum Gasteiger partial charge on any atom is -0.492 e. The van der Waals surface area contributed by atoms with E-state index in [1.54, 1.807) is 0 Å². The molecule has 0 saturated carbocycles. The smallest absolute Gasteiger partial charge is 0.144 e. The molecule has 0 amide bonds. The summed E-state index contributed by atoms with van der Waals surface area (Å²) in [4.78, 5) is 2.48. The summed E-state index contributed by atoms with van der Waals surface area (Å²) in [6.45, 7) is 12.0. The minimum absolute atomic E-state index is 0.410. The summed E-state index contributed by atoms with van der Waals surface area (Å²) in [6.07, 6.45) is 3.85. The molecule has 0 spiro atoms. The summed E-state index contributed by atoms with van der Waals surface area (Å²) < 4.78 is 5.62. The van der Waals surface area contributed by atoms with E-state index < -0.39 is 0 Å². The highest BCUT2D eigenvalue weighted by Crippen LogP contribution is 2.36. The molecule has 1 aliphatic rings. The third-order valence-corrected chi connectivity index (χ3v) is 4.61. The van der Waals surface area contributed by atoms with Gasteiger partial charge in [0.1, 0.15) is 5.75 Å². The van der Waals surface area contributed by atoms with Gasteiger partial charge in [-0.25, -0.2) is 0 Å². The zero-order valence-corrected chi connectivity index (χ0v) is 14.0. The molecule has 0 radical (unpaired) electrons. The Balaban J connectivity index is 2.10. The van der Waals surface area contributed by atoms with Crippen molar-refractivity contribution in [3.63, 3.8) is 0 Å². The molecule has 1 aromatic carbocycles. The van der Waals surface area contributed by atoms with E-state index in [1.165, 1.54) is 24.9 Å². The monoisotopic (exact) mass is 290 g/mol. The van der Waals surface area contributed by atoms with Crippen LogP contribution in [0.3, 0.4) is 0 Å². The first kappa shape index (κ1) is 16.0. The number of hydrogen-bond donors (Lipinski definition) is 1. The average Bonchev–Trinajstić information content (AvgIpc) is 2.67. The Morgan fingerprint density at radius 3 is 2.67 bits per heavy atom. The van der Waals surface area contributed by atoms with Crippen LogP contribution in [-0.2, 0) is 0 Å². The van der Waals surface area contributed by atoms with Gasteiger partial charge in [-0.3, -0.25) is 0 Å². The molecular formula is C18H30N2O. The Morgan fingerprint density at radius 2 is 2.00 bits per heavy atom. The Kier molecular flexibility index (Phi) is 5.02. The molecule has 0 aliphatic carbocycles. The second-order valence-corrected chi connectivity index (χ2v) is 7.14. The lowest BCUT2D eigenvalue weighted by Crippen LogP contribution is -2.26. The lowest BCUT2D eigenvalue weighted by molar-refractivity contribution is 0.220. The molecule has 21 heavy (non-hydrogen) atoms. The lowest BCUT2D eigenvalue weighted by atomic mass is 9.77. The summed E-state index contributed by atoms with van der Waals surface area (Å²) in [7, 11) is 0. The molecule has 0 bridgehead atoms. The largest absolute Gasteiger partial charge is 0.492 e. The number of nitrogens with two attached hydrogens (primary N) is 1. The molecule has 1 aliphatic heterocycles. The maximum Gasteiger partial charge on any atom is 0.144 e. The molecule has 1 heterocycles. The molecule has 0 aromatic heterocycles. The fourth-order valence-corrected chi connectivity index (χ4v) is 3.22. The maximum absolute atomic E-state index is 5.97. The number of nitrogen functional groups attached to an aromatic ring is 1. The van der Waals surface area contributed by atoms with Crippen molar-refractivity contribution in [3.05, 3.63) is 18.2 Å². The molecule has 1 fully saturated rings. The molecule has 1 atom stereocenters. The van der Waals surface area contributed by atoms with Crippen LogP contribution in [0.2, 0.25) is 0 Å². The van der Waals surface area contributed by atoms with Gasteiger partial charge in [-0.2, -0.15) is 0 Å². The van der Waals surface area contributed by atoms with Gasteiger partial charge in [0.05, 0.1) is 12.3 Å². The average molecular weight is 290 g/mol. The van der Waals surface area contributed by atoms with Gasteiger partial charge < -0.3 is 15.4 Å². The number of hydrogen-bond acceptors (Lipinski definition) is 3. The van der Waals surface area contributed by atoms with Gasteiger partial charge in [-0.05, 0) is 49.7 Å². The van der Waals surface area contributed by atoms with Crippen LogP contribution in [0.4, 0.5) is 11.4 Å². The van der Waals surface area contributed by atoms with E-state index in [1.807, 2.05) is 13.0 Å². The molecule has 118 valence electrons. The van der Waals surface area contributed by atoms with Crippen LogP contribution in [0.5, 0.6) is 5.75 Å². The van der Waals surface area contributed by atoms with E-state index in [9.17, 15) is 0 Å². The highest BCUT2D eigenvalue weighted by molar-refractivity contribution is 5.62. The van der Waals surface area contributed by atoms with Gasteiger partial charge in [0.25, 0.3) is 0 Å². The van der Waals surface area contributed by atoms with Gasteiger partial charge in [0.2, 0.25) is 0 Å². The van der Waals surface area contributed by atoms with E-state index in [2.05, 4.69) is 37.8 Å². The maximum atomic E-state index is 5.97. The molecular weight excluding hydrogens is 260 g/mol. The van der Waals surface area contributed by atoms with Crippen LogP contribution >= 0.6 is 0 Å². The number of nitrogens with zero attached hydrogens (tertiary/aromatic N) is 1. The van der Waals surface area contributed by atoms with Crippen molar-refractivity contribution in [2.75, 3.05) is 30.3 Å². The fourth-order valence-electron chi connectivity index (χ4n) is 3.22. The van der Waals surface area contributed by atoms with Crippen molar-refractivity contribution < 1.29 is 4.74 Å². The zero-order chi connectivity index (χ0) is 15.5. The first-order valence-corrected chi connectivity index (χ1v) is 8.19. The number of rotatable bonds is 3. The van der Waals surface area contributed by atoms with E-state index in [0.717, 1.165) is 30.4 Å².